The third-order valence-electron chi connectivity index (χ3n) is 4.07. The highest BCUT2D eigenvalue weighted by Gasteiger charge is 2.35. The van der Waals surface area contributed by atoms with Gasteiger partial charge in [-0.2, -0.15) is 0 Å². The molecule has 0 spiro atoms. The molecule has 0 bridgehead atoms. The third-order valence-corrected chi connectivity index (χ3v) is 4.07. The molecule has 0 amide bonds. The van der Waals surface area contributed by atoms with E-state index in [2.05, 4.69) is 21.9 Å². The van der Waals surface area contributed by atoms with Crippen molar-refractivity contribution in [3.05, 3.63) is 0 Å². The Kier molecular flexibility index (Phi) is 9.12. The highest BCUT2D eigenvalue weighted by Crippen LogP contribution is 2.41. The Labute approximate surface area is 131 Å². The summed E-state index contributed by atoms with van der Waals surface area (Å²) < 4.78 is 0. The van der Waals surface area contributed by atoms with Crippen molar-refractivity contribution < 1.29 is 14.4 Å². The highest BCUT2D eigenvalue weighted by atomic mass is 16.1. The van der Waals surface area contributed by atoms with Crippen LogP contribution in [0.2, 0.25) is 0 Å². The second-order valence-electron chi connectivity index (χ2n) is 6.71. The van der Waals surface area contributed by atoms with E-state index in [0.717, 1.165) is 19.3 Å². The molecule has 0 fully saturated rings. The molecule has 0 aromatic rings. The monoisotopic (exact) mass is 307 g/mol. The predicted molar refractivity (Wildman–Crippen MR) is 83.9 cm³/mol. The lowest BCUT2D eigenvalue weighted by Gasteiger charge is -2.38. The largest absolute Gasteiger partial charge is 0.234 e. The Balaban J connectivity index is 5.17. The molecule has 0 aliphatic rings. The zero-order valence-corrected chi connectivity index (χ0v) is 13.9. The lowest BCUT2D eigenvalue weighted by molar-refractivity contribution is 0.140. The van der Waals surface area contributed by atoms with Gasteiger partial charge in [-0.15, -0.1) is 0 Å². The van der Waals surface area contributed by atoms with Gasteiger partial charge in [0.05, 0.1) is 19.6 Å². The van der Waals surface area contributed by atoms with E-state index in [-0.39, 0.29) is 16.7 Å². The Hall–Kier alpha value is -1.86. The molecule has 0 N–H and O–H groups in total. The van der Waals surface area contributed by atoms with Crippen LogP contribution in [0, 0.1) is 16.7 Å². The average molecular weight is 307 g/mol. The quantitative estimate of drug-likeness (QED) is 0.434. The maximum absolute atomic E-state index is 10.5. The third kappa shape index (κ3) is 7.80. The molecular formula is C16H25N3O3. The van der Waals surface area contributed by atoms with E-state index >= 15 is 0 Å². The zero-order valence-electron chi connectivity index (χ0n) is 13.9. The van der Waals surface area contributed by atoms with Gasteiger partial charge in [0.15, 0.2) is 0 Å². The van der Waals surface area contributed by atoms with Gasteiger partial charge >= 0.3 is 0 Å². The van der Waals surface area contributed by atoms with E-state index in [1.54, 1.807) is 18.2 Å². The van der Waals surface area contributed by atoms with E-state index in [4.69, 9.17) is 0 Å². The predicted octanol–water partition coefficient (Wildman–Crippen LogP) is 2.83. The van der Waals surface area contributed by atoms with Crippen LogP contribution < -0.4 is 0 Å². The highest BCUT2D eigenvalue weighted by molar-refractivity contribution is 5.33. The molecule has 0 radical (unpaired) electrons. The second kappa shape index (κ2) is 9.97. The van der Waals surface area contributed by atoms with Gasteiger partial charge in [-0.05, 0) is 36.0 Å². The van der Waals surface area contributed by atoms with Gasteiger partial charge in [0.2, 0.25) is 18.2 Å². The van der Waals surface area contributed by atoms with Crippen molar-refractivity contribution in [2.75, 3.05) is 19.6 Å². The number of nitrogens with zero attached hydrogens (tertiary/aromatic N) is 3. The van der Waals surface area contributed by atoms with Crippen LogP contribution in [-0.4, -0.2) is 37.9 Å². The fourth-order valence-electron chi connectivity index (χ4n) is 3.06. The van der Waals surface area contributed by atoms with Gasteiger partial charge in [0, 0.05) is 0 Å². The number of hydrogen-bond donors (Lipinski definition) is 0. The van der Waals surface area contributed by atoms with Crippen molar-refractivity contribution in [2.45, 2.75) is 47.0 Å². The standard InChI is InChI=1S/C16H25N3O3/c1-5-15(3,9-18-12-21)8-16(4,10-19-13-22)6-14(2)7-17-11-20/h14H,5-10H2,1-4H3. The van der Waals surface area contributed by atoms with E-state index < -0.39 is 0 Å². The van der Waals surface area contributed by atoms with E-state index in [1.807, 2.05) is 20.8 Å². The van der Waals surface area contributed by atoms with Gasteiger partial charge in [0.25, 0.3) is 0 Å². The number of rotatable bonds is 11. The first-order valence-corrected chi connectivity index (χ1v) is 7.45. The maximum atomic E-state index is 10.5. The summed E-state index contributed by atoms with van der Waals surface area (Å²) in [5.74, 6) is 0.170. The molecule has 0 rings (SSSR count). The minimum atomic E-state index is -0.252. The van der Waals surface area contributed by atoms with Gasteiger partial charge < -0.3 is 0 Å². The smallest absolute Gasteiger partial charge is 0.211 e. The number of aliphatic imine (C=N–C) groups is 3. The van der Waals surface area contributed by atoms with Crippen molar-refractivity contribution in [1.82, 2.24) is 0 Å². The van der Waals surface area contributed by atoms with Crippen LogP contribution in [-0.2, 0) is 14.4 Å². The molecule has 122 valence electrons. The zero-order chi connectivity index (χ0) is 17.1. The van der Waals surface area contributed by atoms with E-state index in [1.165, 1.54) is 0 Å². The molecule has 3 unspecified atom stereocenters. The van der Waals surface area contributed by atoms with Crippen LogP contribution in [0.3, 0.4) is 0 Å². The van der Waals surface area contributed by atoms with E-state index in [9.17, 15) is 14.4 Å². The molecule has 0 aromatic heterocycles. The van der Waals surface area contributed by atoms with Gasteiger partial charge in [0.1, 0.15) is 0 Å². The van der Waals surface area contributed by atoms with Crippen molar-refractivity contribution in [2.24, 2.45) is 31.7 Å². The van der Waals surface area contributed by atoms with Crippen molar-refractivity contribution in [1.29, 1.82) is 0 Å². The number of hydrogen-bond acceptors (Lipinski definition) is 6. The van der Waals surface area contributed by atoms with Crippen LogP contribution in [0.4, 0.5) is 0 Å². The van der Waals surface area contributed by atoms with Crippen LogP contribution in [0.15, 0.2) is 15.0 Å². The number of isocyanates is 3. The van der Waals surface area contributed by atoms with Gasteiger partial charge in [-0.3, -0.25) is 0 Å². The Morgan fingerprint density at radius 3 is 1.86 bits per heavy atom. The van der Waals surface area contributed by atoms with Crippen LogP contribution >= 0.6 is 0 Å². The molecular weight excluding hydrogens is 282 g/mol. The average Bonchev–Trinajstić information content (AvgIpc) is 2.49. The summed E-state index contributed by atoms with van der Waals surface area (Å²) in [7, 11) is 0. The van der Waals surface area contributed by atoms with Crippen LogP contribution in [0.5, 0.6) is 0 Å². The maximum Gasteiger partial charge on any atom is 0.234 e. The van der Waals surface area contributed by atoms with Crippen molar-refractivity contribution in [3.8, 4) is 0 Å². The normalized spacial score (nSPS) is 16.9. The molecule has 0 aromatic carbocycles. The fraction of sp³-hybridized carbons (Fsp3) is 0.812. The SMILES string of the molecule is CCC(C)(CN=C=O)CC(C)(CN=C=O)CC(C)CN=C=O. The van der Waals surface area contributed by atoms with Crippen LogP contribution in [0.1, 0.15) is 47.0 Å². The molecule has 0 aliphatic heterocycles. The number of carbonyl (C=O) groups excluding carboxylic acids is 3. The molecule has 22 heavy (non-hydrogen) atoms. The molecule has 0 saturated carbocycles. The summed E-state index contributed by atoms with van der Waals surface area (Å²) in [6, 6.07) is 0. The summed E-state index contributed by atoms with van der Waals surface area (Å²) in [5, 5.41) is 0. The molecule has 3 atom stereocenters. The summed E-state index contributed by atoms with van der Waals surface area (Å²) in [6.07, 6.45) is 7.08. The first kappa shape index (κ1) is 20.1. The summed E-state index contributed by atoms with van der Waals surface area (Å²) in [5.41, 5.74) is -0.420. The van der Waals surface area contributed by atoms with E-state index in [0.29, 0.717) is 19.6 Å². The Morgan fingerprint density at radius 1 is 0.909 bits per heavy atom. The summed E-state index contributed by atoms with van der Waals surface area (Å²) in [4.78, 5) is 42.2. The lowest BCUT2D eigenvalue weighted by Crippen LogP contribution is -2.33. The Bertz CT molecular complexity index is 489. The molecule has 0 heterocycles. The second-order valence-corrected chi connectivity index (χ2v) is 6.71. The van der Waals surface area contributed by atoms with Crippen LogP contribution in [0.25, 0.3) is 0 Å². The molecule has 6 nitrogen and oxygen atoms in total. The molecule has 0 saturated heterocycles. The van der Waals surface area contributed by atoms with Gasteiger partial charge in [-0.1, -0.05) is 27.7 Å². The minimum absolute atomic E-state index is 0.168. The molecule has 0 aliphatic carbocycles. The summed E-state index contributed by atoms with van der Waals surface area (Å²) >= 11 is 0. The first-order chi connectivity index (χ1) is 10.3. The topological polar surface area (TPSA) is 88.3 Å². The van der Waals surface area contributed by atoms with Crippen molar-refractivity contribution >= 4 is 18.2 Å². The minimum Gasteiger partial charge on any atom is -0.211 e. The van der Waals surface area contributed by atoms with Gasteiger partial charge in [-0.25, -0.2) is 29.4 Å². The molecule has 6 heteroatoms. The summed E-state index contributed by atoms with van der Waals surface area (Å²) in [6.45, 7) is 9.30. The van der Waals surface area contributed by atoms with Crippen molar-refractivity contribution in [3.63, 3.8) is 0 Å². The Morgan fingerprint density at radius 2 is 1.41 bits per heavy atom. The fourth-order valence-corrected chi connectivity index (χ4v) is 3.06. The first-order valence-electron chi connectivity index (χ1n) is 7.45. The lowest BCUT2D eigenvalue weighted by atomic mass is 9.68.